The van der Waals surface area contributed by atoms with Crippen LogP contribution in [0.25, 0.3) is 0 Å². The molecule has 0 aliphatic carbocycles. The molecule has 1 atom stereocenters. The number of hydrogen-bond donors (Lipinski definition) is 2. The highest BCUT2D eigenvalue weighted by atomic mass is 16.6. The molecule has 0 aliphatic rings. The second-order valence-corrected chi connectivity index (χ2v) is 4.18. The van der Waals surface area contributed by atoms with E-state index >= 15 is 0 Å². The molecule has 0 radical (unpaired) electrons. The fraction of sp³-hybridized carbons (Fsp3) is 0.833. The first-order valence-corrected chi connectivity index (χ1v) is 6.23. The normalized spacial score (nSPS) is 12.1. The Kier molecular flexibility index (Phi) is 9.00. The van der Waals surface area contributed by atoms with Crippen molar-refractivity contribution in [3.05, 3.63) is 0 Å². The Labute approximate surface area is 108 Å². The molecule has 0 saturated carbocycles. The monoisotopic (exact) mass is 261 g/mol. The van der Waals surface area contributed by atoms with Gasteiger partial charge in [0.2, 0.25) is 0 Å². The molecule has 0 aromatic rings. The van der Waals surface area contributed by atoms with Crippen LogP contribution >= 0.6 is 0 Å². The molecule has 0 spiro atoms. The SMILES string of the molecule is CCOC(=O)N[C@H](C(=O)OCCCCO)C(C)C. The number of hydrogen-bond acceptors (Lipinski definition) is 5. The average molecular weight is 261 g/mol. The summed E-state index contributed by atoms with van der Waals surface area (Å²) in [6.07, 6.45) is 0.570. The number of aliphatic hydroxyl groups excluding tert-OH is 1. The van der Waals surface area contributed by atoms with Crippen LogP contribution in [0.3, 0.4) is 0 Å². The summed E-state index contributed by atoms with van der Waals surface area (Å²) in [6, 6.07) is -0.710. The number of alkyl carbamates (subject to hydrolysis) is 1. The van der Waals surface area contributed by atoms with Crippen molar-refractivity contribution >= 4 is 12.1 Å². The number of carbonyl (C=O) groups excluding carboxylic acids is 2. The minimum Gasteiger partial charge on any atom is -0.464 e. The van der Waals surface area contributed by atoms with E-state index in [2.05, 4.69) is 5.32 Å². The van der Waals surface area contributed by atoms with Gasteiger partial charge in [-0.1, -0.05) is 13.8 Å². The largest absolute Gasteiger partial charge is 0.464 e. The number of nitrogens with one attached hydrogen (secondary N) is 1. The molecule has 0 aromatic carbocycles. The van der Waals surface area contributed by atoms with Crippen LogP contribution in [-0.4, -0.2) is 43.0 Å². The Morgan fingerprint density at radius 1 is 1.22 bits per heavy atom. The lowest BCUT2D eigenvalue weighted by Gasteiger charge is -2.20. The lowest BCUT2D eigenvalue weighted by atomic mass is 10.1. The predicted molar refractivity (Wildman–Crippen MR) is 66.1 cm³/mol. The van der Waals surface area contributed by atoms with Gasteiger partial charge in [0.05, 0.1) is 13.2 Å². The van der Waals surface area contributed by atoms with E-state index in [0.29, 0.717) is 12.8 Å². The molecular weight excluding hydrogens is 238 g/mol. The number of rotatable bonds is 8. The summed E-state index contributed by atoms with van der Waals surface area (Å²) < 4.78 is 9.75. The van der Waals surface area contributed by atoms with Crippen LogP contribution in [0.5, 0.6) is 0 Å². The molecule has 0 unspecified atom stereocenters. The standard InChI is InChI=1S/C12H23NO5/c1-4-17-12(16)13-10(9(2)3)11(15)18-8-6-5-7-14/h9-10,14H,4-8H2,1-3H3,(H,13,16)/t10-/m0/s1. The Balaban J connectivity index is 4.15. The molecule has 106 valence electrons. The Hall–Kier alpha value is -1.30. The van der Waals surface area contributed by atoms with Crippen molar-refractivity contribution in [1.29, 1.82) is 0 Å². The van der Waals surface area contributed by atoms with E-state index in [0.717, 1.165) is 0 Å². The van der Waals surface area contributed by atoms with Crippen LogP contribution in [0.2, 0.25) is 0 Å². The van der Waals surface area contributed by atoms with Gasteiger partial charge in [0.25, 0.3) is 0 Å². The van der Waals surface area contributed by atoms with Gasteiger partial charge in [0, 0.05) is 6.61 Å². The molecule has 0 saturated heterocycles. The molecule has 0 bridgehead atoms. The Morgan fingerprint density at radius 3 is 2.39 bits per heavy atom. The van der Waals surface area contributed by atoms with Gasteiger partial charge in [-0.05, 0) is 25.7 Å². The van der Waals surface area contributed by atoms with Crippen molar-refractivity contribution in [3.8, 4) is 0 Å². The Morgan fingerprint density at radius 2 is 1.89 bits per heavy atom. The smallest absolute Gasteiger partial charge is 0.407 e. The van der Waals surface area contributed by atoms with Crippen LogP contribution in [0.15, 0.2) is 0 Å². The molecule has 0 aliphatic heterocycles. The molecule has 2 N–H and O–H groups in total. The van der Waals surface area contributed by atoms with Crippen molar-refractivity contribution < 1.29 is 24.2 Å². The maximum atomic E-state index is 11.7. The zero-order chi connectivity index (χ0) is 14.0. The summed E-state index contributed by atoms with van der Waals surface area (Å²) in [4.78, 5) is 23.0. The molecule has 6 nitrogen and oxygen atoms in total. The maximum absolute atomic E-state index is 11.7. The van der Waals surface area contributed by atoms with Gasteiger partial charge >= 0.3 is 12.1 Å². The van der Waals surface area contributed by atoms with Gasteiger partial charge in [-0.3, -0.25) is 0 Å². The third-order valence-electron chi connectivity index (χ3n) is 2.27. The second kappa shape index (κ2) is 9.70. The summed E-state index contributed by atoms with van der Waals surface area (Å²) in [5.41, 5.74) is 0. The highest BCUT2D eigenvalue weighted by Crippen LogP contribution is 2.05. The zero-order valence-electron chi connectivity index (χ0n) is 11.3. The predicted octanol–water partition coefficient (Wildman–Crippen LogP) is 1.07. The van der Waals surface area contributed by atoms with Gasteiger partial charge in [-0.2, -0.15) is 0 Å². The number of ether oxygens (including phenoxy) is 2. The van der Waals surface area contributed by atoms with Gasteiger partial charge in [-0.15, -0.1) is 0 Å². The van der Waals surface area contributed by atoms with Gasteiger partial charge in [-0.25, -0.2) is 9.59 Å². The van der Waals surface area contributed by atoms with E-state index in [1.807, 2.05) is 13.8 Å². The van der Waals surface area contributed by atoms with E-state index in [4.69, 9.17) is 14.6 Å². The second-order valence-electron chi connectivity index (χ2n) is 4.18. The molecule has 0 aromatic heterocycles. The number of unbranched alkanes of at least 4 members (excludes halogenated alkanes) is 1. The fourth-order valence-electron chi connectivity index (χ4n) is 1.27. The zero-order valence-corrected chi connectivity index (χ0v) is 11.3. The number of esters is 1. The molecular formula is C12H23NO5. The fourth-order valence-corrected chi connectivity index (χ4v) is 1.27. The van der Waals surface area contributed by atoms with Crippen molar-refractivity contribution in [2.45, 2.75) is 39.7 Å². The van der Waals surface area contributed by atoms with E-state index in [9.17, 15) is 9.59 Å². The minimum absolute atomic E-state index is 0.0756. The quantitative estimate of drug-likeness (QED) is 0.504. The van der Waals surface area contributed by atoms with Crippen LogP contribution in [-0.2, 0) is 14.3 Å². The average Bonchev–Trinajstić information content (AvgIpc) is 2.31. The summed E-state index contributed by atoms with van der Waals surface area (Å²) in [5, 5.41) is 11.1. The molecule has 0 rings (SSSR count). The molecule has 18 heavy (non-hydrogen) atoms. The van der Waals surface area contributed by atoms with Crippen molar-refractivity contribution in [1.82, 2.24) is 5.32 Å². The molecule has 0 heterocycles. The first-order valence-electron chi connectivity index (χ1n) is 6.23. The summed E-state index contributed by atoms with van der Waals surface area (Å²) in [5.74, 6) is -0.559. The molecule has 0 fully saturated rings. The highest BCUT2D eigenvalue weighted by Gasteiger charge is 2.25. The lowest BCUT2D eigenvalue weighted by molar-refractivity contribution is -0.147. The summed E-state index contributed by atoms with van der Waals surface area (Å²) in [6.45, 7) is 5.89. The van der Waals surface area contributed by atoms with Crippen molar-refractivity contribution in [2.75, 3.05) is 19.8 Å². The third kappa shape index (κ3) is 7.11. The summed E-state index contributed by atoms with van der Waals surface area (Å²) in [7, 11) is 0. The minimum atomic E-state index is -0.710. The number of carbonyl (C=O) groups is 2. The summed E-state index contributed by atoms with van der Waals surface area (Å²) >= 11 is 0. The maximum Gasteiger partial charge on any atom is 0.407 e. The lowest BCUT2D eigenvalue weighted by Crippen LogP contribution is -2.45. The van der Waals surface area contributed by atoms with Crippen LogP contribution in [0.1, 0.15) is 33.6 Å². The third-order valence-corrected chi connectivity index (χ3v) is 2.27. The van der Waals surface area contributed by atoms with E-state index in [1.165, 1.54) is 0 Å². The molecule has 1 amide bonds. The van der Waals surface area contributed by atoms with Crippen LogP contribution in [0.4, 0.5) is 4.79 Å². The van der Waals surface area contributed by atoms with Crippen molar-refractivity contribution in [2.24, 2.45) is 5.92 Å². The van der Waals surface area contributed by atoms with Gasteiger partial charge in [0.15, 0.2) is 0 Å². The van der Waals surface area contributed by atoms with Gasteiger partial charge in [0.1, 0.15) is 6.04 Å². The number of amides is 1. The van der Waals surface area contributed by atoms with E-state index < -0.39 is 18.1 Å². The number of aliphatic hydroxyl groups is 1. The highest BCUT2D eigenvalue weighted by molar-refractivity contribution is 5.81. The first-order chi connectivity index (χ1) is 8.52. The van der Waals surface area contributed by atoms with Crippen LogP contribution < -0.4 is 5.32 Å². The van der Waals surface area contributed by atoms with Crippen LogP contribution in [0, 0.1) is 5.92 Å². The first kappa shape index (κ1) is 16.7. The van der Waals surface area contributed by atoms with Crippen molar-refractivity contribution in [3.63, 3.8) is 0 Å². The van der Waals surface area contributed by atoms with E-state index in [1.54, 1.807) is 6.92 Å². The topological polar surface area (TPSA) is 84.9 Å². The Bertz CT molecular complexity index is 255. The molecule has 6 heteroatoms. The van der Waals surface area contributed by atoms with Gasteiger partial charge < -0.3 is 19.9 Å². The van der Waals surface area contributed by atoms with E-state index in [-0.39, 0.29) is 25.7 Å².